The van der Waals surface area contributed by atoms with Gasteiger partial charge in [-0.05, 0) is 24.3 Å². The number of thiazole rings is 1. The van der Waals surface area contributed by atoms with E-state index in [0.29, 0.717) is 10.6 Å². The van der Waals surface area contributed by atoms with Crippen molar-refractivity contribution in [2.75, 3.05) is 12.4 Å². The topological polar surface area (TPSA) is 57.9 Å². The minimum Gasteiger partial charge on any atom is -0.497 e. The van der Waals surface area contributed by atoms with Gasteiger partial charge in [0, 0.05) is 33.4 Å². The van der Waals surface area contributed by atoms with Gasteiger partial charge in [0.25, 0.3) is 0 Å². The number of nitrogens with zero attached hydrogens (tertiary/aromatic N) is 2. The lowest BCUT2D eigenvalue weighted by molar-refractivity contribution is 0.415. The van der Waals surface area contributed by atoms with Gasteiger partial charge in [-0.2, -0.15) is 5.26 Å². The quantitative estimate of drug-likeness (QED) is 0.558. The maximum atomic E-state index is 9.46. The van der Waals surface area contributed by atoms with Crippen LogP contribution in [0.4, 0.5) is 5.69 Å². The minimum atomic E-state index is 0.481. The molecule has 25 heavy (non-hydrogen) atoms. The average molecular weight is 412 g/mol. The lowest BCUT2D eigenvalue weighted by Gasteiger charge is -2.04. The van der Waals surface area contributed by atoms with Gasteiger partial charge in [0.15, 0.2) is 0 Å². The standard InChI is InChI=1S/C19H14BrN3OS/c1-24-17-7-3-6-16(9-17)22-11-14(10-21)19-23-18(12-25-19)13-4-2-5-15(20)8-13/h2-9,11-12,22H,1H3. The monoisotopic (exact) mass is 411 g/mol. The molecule has 0 bridgehead atoms. The van der Waals surface area contributed by atoms with E-state index in [1.54, 1.807) is 13.3 Å². The number of nitriles is 1. The van der Waals surface area contributed by atoms with Crippen molar-refractivity contribution in [1.82, 2.24) is 4.98 Å². The molecule has 0 atom stereocenters. The Kier molecular flexibility index (Phi) is 5.49. The summed E-state index contributed by atoms with van der Waals surface area (Å²) in [4.78, 5) is 4.58. The fraction of sp³-hybridized carbons (Fsp3) is 0.0526. The summed E-state index contributed by atoms with van der Waals surface area (Å²) in [6, 6.07) is 17.6. The molecule has 6 heteroatoms. The predicted octanol–water partition coefficient (Wildman–Crippen LogP) is 5.56. The Labute approximate surface area is 158 Å². The molecule has 0 aliphatic heterocycles. The Morgan fingerprint density at radius 3 is 2.88 bits per heavy atom. The van der Waals surface area contributed by atoms with Crippen LogP contribution in [0.15, 0.2) is 64.6 Å². The van der Waals surface area contributed by atoms with Crippen LogP contribution in [0.2, 0.25) is 0 Å². The van der Waals surface area contributed by atoms with E-state index in [4.69, 9.17) is 4.74 Å². The summed E-state index contributed by atoms with van der Waals surface area (Å²) < 4.78 is 6.19. The largest absolute Gasteiger partial charge is 0.497 e. The van der Waals surface area contributed by atoms with Crippen molar-refractivity contribution in [3.8, 4) is 23.1 Å². The molecular formula is C19H14BrN3OS. The lowest BCUT2D eigenvalue weighted by atomic mass is 10.2. The number of methoxy groups -OCH3 is 1. The second-order valence-electron chi connectivity index (χ2n) is 5.09. The van der Waals surface area contributed by atoms with Crippen molar-refractivity contribution in [3.05, 3.63) is 69.6 Å². The van der Waals surface area contributed by atoms with E-state index in [2.05, 4.69) is 32.3 Å². The number of halogens is 1. The third-order valence-corrected chi connectivity index (χ3v) is 4.80. The van der Waals surface area contributed by atoms with Gasteiger partial charge in [0.2, 0.25) is 0 Å². The number of rotatable bonds is 5. The van der Waals surface area contributed by atoms with Crippen LogP contribution in [-0.4, -0.2) is 12.1 Å². The molecule has 1 heterocycles. The third-order valence-electron chi connectivity index (χ3n) is 3.43. The number of benzene rings is 2. The Morgan fingerprint density at radius 2 is 2.12 bits per heavy atom. The molecule has 0 amide bonds. The molecule has 3 aromatic rings. The fourth-order valence-corrected chi connectivity index (χ4v) is 3.38. The van der Waals surface area contributed by atoms with E-state index >= 15 is 0 Å². The van der Waals surface area contributed by atoms with E-state index in [0.717, 1.165) is 27.2 Å². The Balaban J connectivity index is 1.82. The smallest absolute Gasteiger partial charge is 0.136 e. The number of nitrogens with one attached hydrogen (secondary N) is 1. The third kappa shape index (κ3) is 4.27. The van der Waals surface area contributed by atoms with Crippen LogP contribution in [0.5, 0.6) is 5.75 Å². The van der Waals surface area contributed by atoms with Crippen LogP contribution < -0.4 is 10.1 Å². The van der Waals surface area contributed by atoms with Crippen molar-refractivity contribution >= 4 is 38.5 Å². The number of hydrogen-bond acceptors (Lipinski definition) is 5. The molecule has 0 spiro atoms. The van der Waals surface area contributed by atoms with Gasteiger partial charge >= 0.3 is 0 Å². The highest BCUT2D eigenvalue weighted by molar-refractivity contribution is 9.10. The molecule has 0 saturated carbocycles. The van der Waals surface area contributed by atoms with E-state index in [-0.39, 0.29) is 0 Å². The Hall–Kier alpha value is -2.62. The molecule has 0 aliphatic carbocycles. The zero-order valence-corrected chi connectivity index (χ0v) is 15.8. The molecule has 0 saturated heterocycles. The molecule has 124 valence electrons. The van der Waals surface area contributed by atoms with Gasteiger partial charge < -0.3 is 10.1 Å². The normalized spacial score (nSPS) is 11.0. The van der Waals surface area contributed by atoms with Crippen LogP contribution in [0, 0.1) is 11.3 Å². The number of allylic oxidation sites excluding steroid dienone is 1. The lowest BCUT2D eigenvalue weighted by Crippen LogP contribution is -1.92. The van der Waals surface area contributed by atoms with Crippen molar-refractivity contribution < 1.29 is 4.74 Å². The highest BCUT2D eigenvalue weighted by Crippen LogP contribution is 2.28. The van der Waals surface area contributed by atoms with Crippen LogP contribution >= 0.6 is 27.3 Å². The first-order valence-electron chi connectivity index (χ1n) is 7.42. The predicted molar refractivity (Wildman–Crippen MR) is 105 cm³/mol. The number of hydrogen-bond donors (Lipinski definition) is 1. The molecule has 3 rings (SSSR count). The van der Waals surface area contributed by atoms with Gasteiger partial charge in [-0.3, -0.25) is 0 Å². The van der Waals surface area contributed by atoms with Gasteiger partial charge in [0.1, 0.15) is 22.4 Å². The van der Waals surface area contributed by atoms with Crippen LogP contribution in [0.1, 0.15) is 5.01 Å². The van der Waals surface area contributed by atoms with Gasteiger partial charge in [-0.15, -0.1) is 11.3 Å². The van der Waals surface area contributed by atoms with Gasteiger partial charge in [-0.1, -0.05) is 34.1 Å². The van der Waals surface area contributed by atoms with Gasteiger partial charge in [0.05, 0.1) is 12.8 Å². The molecule has 1 N–H and O–H groups in total. The van der Waals surface area contributed by atoms with Crippen molar-refractivity contribution in [3.63, 3.8) is 0 Å². The molecule has 0 aliphatic rings. The SMILES string of the molecule is COc1cccc(NC=C(C#N)c2nc(-c3cccc(Br)c3)cs2)c1. The van der Waals surface area contributed by atoms with Gasteiger partial charge in [-0.25, -0.2) is 4.98 Å². The summed E-state index contributed by atoms with van der Waals surface area (Å²) in [7, 11) is 1.62. The summed E-state index contributed by atoms with van der Waals surface area (Å²) >= 11 is 4.91. The first-order chi connectivity index (χ1) is 12.2. The summed E-state index contributed by atoms with van der Waals surface area (Å²) in [6.07, 6.45) is 1.66. The van der Waals surface area contributed by atoms with Crippen LogP contribution in [0.3, 0.4) is 0 Å². The summed E-state index contributed by atoms with van der Waals surface area (Å²) in [6.45, 7) is 0. The molecule has 0 unspecified atom stereocenters. The molecule has 0 radical (unpaired) electrons. The second-order valence-corrected chi connectivity index (χ2v) is 6.87. The van der Waals surface area contributed by atoms with Crippen molar-refractivity contribution in [2.45, 2.75) is 0 Å². The summed E-state index contributed by atoms with van der Waals surface area (Å²) in [5, 5.41) is 15.2. The number of anilines is 1. The first-order valence-corrected chi connectivity index (χ1v) is 9.09. The van der Waals surface area contributed by atoms with Crippen LogP contribution in [-0.2, 0) is 0 Å². The molecule has 0 fully saturated rings. The molecular weight excluding hydrogens is 398 g/mol. The highest BCUT2D eigenvalue weighted by Gasteiger charge is 2.09. The van der Waals surface area contributed by atoms with Crippen molar-refractivity contribution in [2.24, 2.45) is 0 Å². The van der Waals surface area contributed by atoms with Crippen molar-refractivity contribution in [1.29, 1.82) is 5.26 Å². The fourth-order valence-electron chi connectivity index (χ4n) is 2.19. The Morgan fingerprint density at radius 1 is 1.28 bits per heavy atom. The molecule has 2 aromatic carbocycles. The zero-order chi connectivity index (χ0) is 17.6. The first kappa shape index (κ1) is 17.2. The molecule has 1 aromatic heterocycles. The number of ether oxygens (including phenoxy) is 1. The second kappa shape index (κ2) is 7.97. The summed E-state index contributed by atoms with van der Waals surface area (Å²) in [5.41, 5.74) is 3.18. The molecule has 4 nitrogen and oxygen atoms in total. The maximum Gasteiger partial charge on any atom is 0.136 e. The average Bonchev–Trinajstić information content (AvgIpc) is 3.12. The van der Waals surface area contributed by atoms with E-state index < -0.39 is 0 Å². The maximum absolute atomic E-state index is 9.46. The Bertz CT molecular complexity index is 959. The van der Waals surface area contributed by atoms with E-state index in [1.165, 1.54) is 11.3 Å². The highest BCUT2D eigenvalue weighted by atomic mass is 79.9. The van der Waals surface area contributed by atoms with E-state index in [1.807, 2.05) is 53.9 Å². The minimum absolute atomic E-state index is 0.481. The number of aromatic nitrogens is 1. The van der Waals surface area contributed by atoms with E-state index in [9.17, 15) is 5.26 Å². The summed E-state index contributed by atoms with van der Waals surface area (Å²) in [5.74, 6) is 0.753. The zero-order valence-electron chi connectivity index (χ0n) is 13.4. The van der Waals surface area contributed by atoms with Crippen LogP contribution in [0.25, 0.3) is 16.8 Å².